The maximum atomic E-state index is 12.1. The first kappa shape index (κ1) is 17.7. The van der Waals surface area contributed by atoms with Crippen LogP contribution in [0.1, 0.15) is 35.8 Å². The SMILES string of the molecule is CCNC(=O)c1cccc(NC(=O)C[NH2+][C@@H](C)c2ccccc2)c1. The van der Waals surface area contributed by atoms with Crippen molar-refractivity contribution in [1.82, 2.24) is 5.32 Å². The molecule has 0 fully saturated rings. The molecule has 24 heavy (non-hydrogen) atoms. The highest BCUT2D eigenvalue weighted by Crippen LogP contribution is 2.10. The fourth-order valence-corrected chi connectivity index (χ4v) is 2.39. The Labute approximate surface area is 142 Å². The quantitative estimate of drug-likeness (QED) is 0.724. The lowest BCUT2D eigenvalue weighted by Crippen LogP contribution is -2.86. The summed E-state index contributed by atoms with van der Waals surface area (Å²) in [6, 6.07) is 17.2. The van der Waals surface area contributed by atoms with Crippen LogP contribution in [0.4, 0.5) is 5.69 Å². The molecule has 5 nitrogen and oxygen atoms in total. The van der Waals surface area contributed by atoms with Crippen LogP contribution in [-0.4, -0.2) is 24.9 Å². The number of carbonyl (C=O) groups is 2. The van der Waals surface area contributed by atoms with E-state index in [2.05, 4.69) is 29.7 Å². The topological polar surface area (TPSA) is 74.8 Å². The average Bonchev–Trinajstić information content (AvgIpc) is 2.61. The van der Waals surface area contributed by atoms with Crippen molar-refractivity contribution in [2.45, 2.75) is 19.9 Å². The molecule has 0 aliphatic carbocycles. The highest BCUT2D eigenvalue weighted by molar-refractivity contribution is 5.97. The standard InChI is InChI=1S/C19H23N3O2/c1-3-20-19(24)16-10-7-11-17(12-16)22-18(23)13-21-14(2)15-8-5-4-6-9-15/h4-12,14,21H,3,13H2,1-2H3,(H,20,24)(H,22,23)/p+1/t14-/m0/s1. The van der Waals surface area contributed by atoms with E-state index in [0.717, 1.165) is 0 Å². The predicted molar refractivity (Wildman–Crippen MR) is 94.7 cm³/mol. The highest BCUT2D eigenvalue weighted by atomic mass is 16.2. The lowest BCUT2D eigenvalue weighted by atomic mass is 10.1. The summed E-state index contributed by atoms with van der Waals surface area (Å²) in [4.78, 5) is 23.9. The molecular formula is C19H24N3O2+. The summed E-state index contributed by atoms with van der Waals surface area (Å²) in [5.74, 6) is -0.233. The Balaban J connectivity index is 1.88. The van der Waals surface area contributed by atoms with E-state index in [1.165, 1.54) is 5.56 Å². The summed E-state index contributed by atoms with van der Waals surface area (Å²) in [7, 11) is 0. The van der Waals surface area contributed by atoms with Crippen molar-refractivity contribution < 1.29 is 14.9 Å². The first-order valence-corrected chi connectivity index (χ1v) is 8.16. The summed E-state index contributed by atoms with van der Waals surface area (Å²) in [6.45, 7) is 4.83. The Morgan fingerprint density at radius 1 is 1.08 bits per heavy atom. The Hall–Kier alpha value is -2.66. The maximum absolute atomic E-state index is 12.1. The van der Waals surface area contributed by atoms with Crippen LogP contribution < -0.4 is 16.0 Å². The first-order chi connectivity index (χ1) is 11.6. The van der Waals surface area contributed by atoms with Crippen LogP contribution >= 0.6 is 0 Å². The molecular weight excluding hydrogens is 302 g/mol. The summed E-state index contributed by atoms with van der Waals surface area (Å²) in [6.07, 6.45) is 0. The summed E-state index contributed by atoms with van der Waals surface area (Å²) >= 11 is 0. The number of amides is 2. The van der Waals surface area contributed by atoms with Crippen molar-refractivity contribution in [1.29, 1.82) is 0 Å². The van der Waals surface area contributed by atoms with Crippen LogP contribution in [0.5, 0.6) is 0 Å². The summed E-state index contributed by atoms with van der Waals surface area (Å²) in [5, 5.41) is 7.56. The fraction of sp³-hybridized carbons (Fsp3) is 0.263. The average molecular weight is 326 g/mol. The van der Waals surface area contributed by atoms with Crippen molar-refractivity contribution in [2.24, 2.45) is 0 Å². The lowest BCUT2D eigenvalue weighted by Gasteiger charge is -2.11. The Morgan fingerprint density at radius 2 is 1.83 bits per heavy atom. The number of quaternary nitrogens is 1. The monoisotopic (exact) mass is 326 g/mol. The Morgan fingerprint density at radius 3 is 2.54 bits per heavy atom. The highest BCUT2D eigenvalue weighted by Gasteiger charge is 2.12. The maximum Gasteiger partial charge on any atom is 0.279 e. The van der Waals surface area contributed by atoms with E-state index < -0.39 is 0 Å². The molecule has 2 rings (SSSR count). The Kier molecular flexibility index (Phi) is 6.51. The van der Waals surface area contributed by atoms with Crippen LogP contribution in [0.25, 0.3) is 0 Å². The minimum atomic E-state index is -0.141. The second kappa shape index (κ2) is 8.84. The molecule has 4 N–H and O–H groups in total. The molecule has 0 saturated carbocycles. The van der Waals surface area contributed by atoms with Crippen LogP contribution in [0.15, 0.2) is 54.6 Å². The second-order valence-corrected chi connectivity index (χ2v) is 5.63. The summed E-state index contributed by atoms with van der Waals surface area (Å²) < 4.78 is 0. The molecule has 126 valence electrons. The van der Waals surface area contributed by atoms with E-state index in [1.54, 1.807) is 24.3 Å². The molecule has 5 heteroatoms. The molecule has 2 amide bonds. The number of hydrogen-bond acceptors (Lipinski definition) is 2. The van der Waals surface area contributed by atoms with Crippen molar-refractivity contribution in [3.8, 4) is 0 Å². The molecule has 0 saturated heterocycles. The van der Waals surface area contributed by atoms with Crippen LogP contribution in [0.3, 0.4) is 0 Å². The minimum Gasteiger partial charge on any atom is -0.352 e. The van der Waals surface area contributed by atoms with Gasteiger partial charge >= 0.3 is 0 Å². The molecule has 0 spiro atoms. The van der Waals surface area contributed by atoms with E-state index in [0.29, 0.717) is 24.3 Å². The van der Waals surface area contributed by atoms with Gasteiger partial charge in [0.1, 0.15) is 6.04 Å². The van der Waals surface area contributed by atoms with Gasteiger partial charge in [-0.1, -0.05) is 36.4 Å². The van der Waals surface area contributed by atoms with Gasteiger partial charge in [-0.3, -0.25) is 9.59 Å². The number of anilines is 1. The third kappa shape index (κ3) is 5.21. The van der Waals surface area contributed by atoms with Crippen LogP contribution in [-0.2, 0) is 4.79 Å². The van der Waals surface area contributed by atoms with Crippen molar-refractivity contribution in [3.63, 3.8) is 0 Å². The van der Waals surface area contributed by atoms with Gasteiger partial charge in [-0.15, -0.1) is 0 Å². The zero-order chi connectivity index (χ0) is 17.4. The van der Waals surface area contributed by atoms with Crippen molar-refractivity contribution in [2.75, 3.05) is 18.4 Å². The number of nitrogens with one attached hydrogen (secondary N) is 2. The number of carbonyl (C=O) groups excluding carboxylic acids is 2. The zero-order valence-corrected chi connectivity index (χ0v) is 14.1. The fourth-order valence-electron chi connectivity index (χ4n) is 2.39. The summed E-state index contributed by atoms with van der Waals surface area (Å²) in [5.41, 5.74) is 2.35. The molecule has 0 aliphatic heterocycles. The first-order valence-electron chi connectivity index (χ1n) is 8.16. The lowest BCUT2D eigenvalue weighted by molar-refractivity contribution is -0.682. The minimum absolute atomic E-state index is 0.0918. The molecule has 1 atom stereocenters. The number of hydrogen-bond donors (Lipinski definition) is 3. The number of benzene rings is 2. The zero-order valence-electron chi connectivity index (χ0n) is 14.1. The molecule has 0 aromatic heterocycles. The molecule has 0 heterocycles. The number of rotatable bonds is 7. The Bertz CT molecular complexity index is 686. The smallest absolute Gasteiger partial charge is 0.279 e. The molecule has 0 unspecified atom stereocenters. The van der Waals surface area contributed by atoms with Gasteiger partial charge in [0, 0.05) is 23.4 Å². The molecule has 0 aliphatic rings. The van der Waals surface area contributed by atoms with Gasteiger partial charge in [-0.25, -0.2) is 0 Å². The van der Waals surface area contributed by atoms with E-state index in [9.17, 15) is 9.59 Å². The largest absolute Gasteiger partial charge is 0.352 e. The molecule has 0 bridgehead atoms. The molecule has 0 radical (unpaired) electrons. The van der Waals surface area contributed by atoms with Crippen molar-refractivity contribution >= 4 is 17.5 Å². The van der Waals surface area contributed by atoms with Gasteiger partial charge in [0.2, 0.25) is 0 Å². The molecule has 2 aromatic carbocycles. The predicted octanol–water partition coefficient (Wildman–Crippen LogP) is 1.70. The van der Waals surface area contributed by atoms with Gasteiger partial charge in [0.25, 0.3) is 11.8 Å². The van der Waals surface area contributed by atoms with E-state index in [4.69, 9.17) is 0 Å². The van der Waals surface area contributed by atoms with E-state index in [-0.39, 0.29) is 17.9 Å². The van der Waals surface area contributed by atoms with Gasteiger partial charge in [-0.2, -0.15) is 0 Å². The third-order valence-electron chi connectivity index (χ3n) is 3.73. The second-order valence-electron chi connectivity index (χ2n) is 5.63. The normalized spacial score (nSPS) is 11.6. The van der Waals surface area contributed by atoms with E-state index >= 15 is 0 Å². The van der Waals surface area contributed by atoms with Crippen LogP contribution in [0.2, 0.25) is 0 Å². The van der Waals surface area contributed by atoms with Crippen LogP contribution in [0, 0.1) is 0 Å². The van der Waals surface area contributed by atoms with Gasteiger partial charge in [-0.05, 0) is 32.0 Å². The van der Waals surface area contributed by atoms with Gasteiger partial charge < -0.3 is 16.0 Å². The van der Waals surface area contributed by atoms with Gasteiger partial charge in [0.05, 0.1) is 0 Å². The number of nitrogens with two attached hydrogens (primary N) is 1. The third-order valence-corrected chi connectivity index (χ3v) is 3.73. The van der Waals surface area contributed by atoms with Gasteiger partial charge in [0.15, 0.2) is 6.54 Å². The van der Waals surface area contributed by atoms with Crippen molar-refractivity contribution in [3.05, 3.63) is 65.7 Å². The molecule has 2 aromatic rings. The van der Waals surface area contributed by atoms with E-state index in [1.807, 2.05) is 30.4 Å².